The molecule has 0 aromatic rings. The van der Waals surface area contributed by atoms with Gasteiger partial charge in [0.05, 0.1) is 6.61 Å². The van der Waals surface area contributed by atoms with Crippen LogP contribution in [0, 0.1) is 0 Å². The number of unbranched alkanes of at least 4 members (excludes halogenated alkanes) is 3. The van der Waals surface area contributed by atoms with E-state index in [0.29, 0.717) is 6.04 Å². The summed E-state index contributed by atoms with van der Waals surface area (Å²) in [7, 11) is 2.02. The lowest BCUT2D eigenvalue weighted by molar-refractivity contribution is 0.111. The quantitative estimate of drug-likeness (QED) is 0.420. The van der Waals surface area contributed by atoms with E-state index >= 15 is 0 Å². The van der Waals surface area contributed by atoms with E-state index in [0.717, 1.165) is 26.1 Å². The highest BCUT2D eigenvalue weighted by Gasteiger charge is 2.04. The summed E-state index contributed by atoms with van der Waals surface area (Å²) < 4.78 is 5.54. The first-order chi connectivity index (χ1) is 7.35. The summed E-state index contributed by atoms with van der Waals surface area (Å²) in [5, 5.41) is 3.31. The zero-order valence-corrected chi connectivity index (χ0v) is 10.4. The number of hydrogen-bond donors (Lipinski definition) is 1. The first kappa shape index (κ1) is 14.7. The van der Waals surface area contributed by atoms with E-state index in [-0.39, 0.29) is 0 Å². The summed E-state index contributed by atoms with van der Waals surface area (Å²) in [6.45, 7) is 7.61. The number of nitrogens with one attached hydrogen (secondary N) is 1. The Morgan fingerprint density at radius 2 is 2.13 bits per heavy atom. The predicted octanol–water partition coefficient (Wildman–Crippen LogP) is 3.14. The van der Waals surface area contributed by atoms with Gasteiger partial charge in [0.25, 0.3) is 0 Å². The van der Waals surface area contributed by atoms with E-state index in [4.69, 9.17) is 4.74 Å². The van der Waals surface area contributed by atoms with Gasteiger partial charge in [-0.15, -0.1) is 6.58 Å². The van der Waals surface area contributed by atoms with Crippen LogP contribution in [-0.4, -0.2) is 26.3 Å². The Morgan fingerprint density at radius 3 is 2.73 bits per heavy atom. The van der Waals surface area contributed by atoms with Crippen molar-refractivity contribution in [2.24, 2.45) is 0 Å². The molecule has 1 atom stereocenters. The lowest BCUT2D eigenvalue weighted by Crippen LogP contribution is -2.30. The highest BCUT2D eigenvalue weighted by molar-refractivity contribution is 4.67. The van der Waals surface area contributed by atoms with Crippen molar-refractivity contribution >= 4 is 0 Å². The lowest BCUT2D eigenvalue weighted by atomic mass is 10.1. The minimum absolute atomic E-state index is 0.528. The summed E-state index contributed by atoms with van der Waals surface area (Å²) in [6, 6.07) is 0.528. The molecule has 2 heteroatoms. The molecule has 1 unspecified atom stereocenters. The van der Waals surface area contributed by atoms with Crippen LogP contribution >= 0.6 is 0 Å². The second-order valence-corrected chi connectivity index (χ2v) is 3.99. The third kappa shape index (κ3) is 9.95. The first-order valence-corrected chi connectivity index (χ1v) is 6.21. The molecule has 0 aliphatic rings. The molecule has 0 aliphatic heterocycles. The van der Waals surface area contributed by atoms with Crippen molar-refractivity contribution in [3.8, 4) is 0 Å². The van der Waals surface area contributed by atoms with E-state index < -0.39 is 0 Å². The van der Waals surface area contributed by atoms with Crippen LogP contribution in [0.4, 0.5) is 0 Å². The molecule has 1 N–H and O–H groups in total. The fraction of sp³-hybridized carbons (Fsp3) is 0.846. The molecule has 2 nitrogen and oxygen atoms in total. The Labute approximate surface area is 95.1 Å². The molecule has 15 heavy (non-hydrogen) atoms. The van der Waals surface area contributed by atoms with Crippen molar-refractivity contribution in [2.45, 2.75) is 51.5 Å². The van der Waals surface area contributed by atoms with Crippen LogP contribution in [0.1, 0.15) is 45.4 Å². The average Bonchev–Trinajstić information content (AvgIpc) is 2.26. The Kier molecular flexibility index (Phi) is 11.5. The molecule has 0 amide bonds. The zero-order chi connectivity index (χ0) is 11.4. The maximum atomic E-state index is 5.54. The number of allylic oxidation sites excluding steroid dienone is 1. The molecule has 0 rings (SSSR count). The van der Waals surface area contributed by atoms with Crippen LogP contribution in [0.2, 0.25) is 0 Å². The standard InChI is InChI=1S/C13H27NO/c1-4-6-7-8-9-10-13(14-3)12-15-11-5-2/h4,13-14H,1,5-12H2,2-3H3. The van der Waals surface area contributed by atoms with Crippen molar-refractivity contribution < 1.29 is 4.74 Å². The molecule has 0 aromatic carbocycles. The molecule has 0 saturated carbocycles. The van der Waals surface area contributed by atoms with E-state index in [1.807, 2.05) is 13.1 Å². The first-order valence-electron chi connectivity index (χ1n) is 6.21. The molecule has 0 radical (unpaired) electrons. The van der Waals surface area contributed by atoms with E-state index in [2.05, 4.69) is 18.8 Å². The monoisotopic (exact) mass is 213 g/mol. The van der Waals surface area contributed by atoms with Gasteiger partial charge in [-0.25, -0.2) is 0 Å². The Bertz CT molecular complexity index is 136. The van der Waals surface area contributed by atoms with Gasteiger partial charge >= 0.3 is 0 Å². The van der Waals surface area contributed by atoms with Crippen LogP contribution in [0.5, 0.6) is 0 Å². The van der Waals surface area contributed by atoms with E-state index in [1.165, 1.54) is 25.7 Å². The largest absolute Gasteiger partial charge is 0.380 e. The summed E-state index contributed by atoms with van der Waals surface area (Å²) in [5.41, 5.74) is 0. The van der Waals surface area contributed by atoms with Gasteiger partial charge in [-0.2, -0.15) is 0 Å². The van der Waals surface area contributed by atoms with Crippen LogP contribution in [0.25, 0.3) is 0 Å². The number of rotatable bonds is 11. The number of ether oxygens (including phenoxy) is 1. The molecule has 0 aliphatic carbocycles. The normalized spacial score (nSPS) is 12.7. The molecule has 0 spiro atoms. The molecule has 0 aromatic heterocycles. The van der Waals surface area contributed by atoms with Gasteiger partial charge in [0, 0.05) is 12.6 Å². The Hall–Kier alpha value is -0.340. The van der Waals surface area contributed by atoms with Crippen LogP contribution in [0.3, 0.4) is 0 Å². The van der Waals surface area contributed by atoms with Gasteiger partial charge in [-0.05, 0) is 32.7 Å². The van der Waals surface area contributed by atoms with Crippen LogP contribution < -0.4 is 5.32 Å². The highest BCUT2D eigenvalue weighted by atomic mass is 16.5. The van der Waals surface area contributed by atoms with Crippen molar-refractivity contribution in [2.75, 3.05) is 20.3 Å². The molecular weight excluding hydrogens is 186 g/mol. The van der Waals surface area contributed by atoms with Crippen LogP contribution in [0.15, 0.2) is 12.7 Å². The Balaban J connectivity index is 3.31. The molecule has 90 valence electrons. The third-order valence-corrected chi connectivity index (χ3v) is 2.54. The molecule has 0 saturated heterocycles. The number of likely N-dealkylation sites (N-methyl/N-ethyl adjacent to an activating group) is 1. The minimum Gasteiger partial charge on any atom is -0.380 e. The SMILES string of the molecule is C=CCCCCCC(COCCC)NC. The van der Waals surface area contributed by atoms with Crippen molar-refractivity contribution in [1.29, 1.82) is 0 Å². The highest BCUT2D eigenvalue weighted by Crippen LogP contribution is 2.06. The summed E-state index contributed by atoms with van der Waals surface area (Å²) in [4.78, 5) is 0. The molecule has 0 heterocycles. The van der Waals surface area contributed by atoms with Crippen molar-refractivity contribution in [3.63, 3.8) is 0 Å². The molecule has 0 fully saturated rings. The van der Waals surface area contributed by atoms with E-state index in [1.54, 1.807) is 0 Å². The lowest BCUT2D eigenvalue weighted by Gasteiger charge is -2.15. The van der Waals surface area contributed by atoms with Crippen molar-refractivity contribution in [1.82, 2.24) is 5.32 Å². The number of hydrogen-bond acceptors (Lipinski definition) is 2. The van der Waals surface area contributed by atoms with Crippen molar-refractivity contribution in [3.05, 3.63) is 12.7 Å². The second kappa shape index (κ2) is 11.7. The second-order valence-electron chi connectivity index (χ2n) is 3.99. The van der Waals surface area contributed by atoms with Crippen LogP contribution in [-0.2, 0) is 4.74 Å². The zero-order valence-electron chi connectivity index (χ0n) is 10.4. The topological polar surface area (TPSA) is 21.3 Å². The van der Waals surface area contributed by atoms with Gasteiger partial charge in [0.15, 0.2) is 0 Å². The summed E-state index contributed by atoms with van der Waals surface area (Å²) >= 11 is 0. The smallest absolute Gasteiger partial charge is 0.0619 e. The van der Waals surface area contributed by atoms with Gasteiger partial charge in [-0.1, -0.05) is 25.8 Å². The summed E-state index contributed by atoms with van der Waals surface area (Å²) in [5.74, 6) is 0. The maximum absolute atomic E-state index is 5.54. The summed E-state index contributed by atoms with van der Waals surface area (Å²) in [6.07, 6.45) is 9.34. The fourth-order valence-corrected chi connectivity index (χ4v) is 1.54. The maximum Gasteiger partial charge on any atom is 0.0619 e. The fourth-order valence-electron chi connectivity index (χ4n) is 1.54. The molecule has 0 bridgehead atoms. The predicted molar refractivity (Wildman–Crippen MR) is 67.2 cm³/mol. The van der Waals surface area contributed by atoms with E-state index in [9.17, 15) is 0 Å². The molecular formula is C13H27NO. The van der Waals surface area contributed by atoms with Gasteiger partial charge < -0.3 is 10.1 Å². The Morgan fingerprint density at radius 1 is 1.33 bits per heavy atom. The van der Waals surface area contributed by atoms with Gasteiger partial charge in [-0.3, -0.25) is 0 Å². The van der Waals surface area contributed by atoms with Gasteiger partial charge in [0.1, 0.15) is 0 Å². The minimum atomic E-state index is 0.528. The third-order valence-electron chi connectivity index (χ3n) is 2.54. The van der Waals surface area contributed by atoms with Gasteiger partial charge in [0.2, 0.25) is 0 Å². The average molecular weight is 213 g/mol.